The lowest BCUT2D eigenvalue weighted by molar-refractivity contribution is 0.0722. The van der Waals surface area contributed by atoms with Crippen LogP contribution in [0.5, 0.6) is 5.75 Å². The molecule has 238 valence electrons. The van der Waals surface area contributed by atoms with Crippen molar-refractivity contribution < 1.29 is 14.2 Å². The number of halogens is 1. The van der Waals surface area contributed by atoms with E-state index in [1.807, 2.05) is 12.1 Å². The minimum atomic E-state index is -0.440. The second-order valence-electron chi connectivity index (χ2n) is 13.3. The Morgan fingerprint density at radius 2 is 1.56 bits per heavy atom. The van der Waals surface area contributed by atoms with E-state index >= 15 is 0 Å². The number of ether oxygens (including phenoxy) is 1. The van der Waals surface area contributed by atoms with Crippen LogP contribution in [-0.2, 0) is 11.3 Å². The van der Waals surface area contributed by atoms with Gasteiger partial charge in [0.1, 0.15) is 5.75 Å². The molecule has 0 radical (unpaired) electrons. The first-order valence-corrected chi connectivity index (χ1v) is 16.9. The quantitative estimate of drug-likeness (QED) is 0.178. The number of phenols is 1. The minimum Gasteiger partial charge on any atom is -0.508 e. The number of para-hydroxylation sites is 1. The number of aromatic hydroxyl groups is 1. The second-order valence-corrected chi connectivity index (χ2v) is 13.3. The van der Waals surface area contributed by atoms with Crippen LogP contribution in [0.1, 0.15) is 83.1 Å². The van der Waals surface area contributed by atoms with Gasteiger partial charge in [-0.15, -0.1) is 0 Å². The van der Waals surface area contributed by atoms with E-state index in [-0.39, 0.29) is 11.6 Å². The lowest BCUT2D eigenvalue weighted by atomic mass is 9.73. The van der Waals surface area contributed by atoms with E-state index in [0.717, 1.165) is 63.0 Å². The van der Waals surface area contributed by atoms with E-state index in [9.17, 15) is 9.50 Å². The van der Waals surface area contributed by atoms with Gasteiger partial charge in [-0.2, -0.15) is 4.98 Å². The summed E-state index contributed by atoms with van der Waals surface area (Å²) in [5.74, 6) is 3.03. The zero-order valence-electron chi connectivity index (χ0n) is 26.0. The van der Waals surface area contributed by atoms with Gasteiger partial charge in [0, 0.05) is 44.0 Å². The van der Waals surface area contributed by atoms with Gasteiger partial charge >= 0.3 is 0 Å². The van der Waals surface area contributed by atoms with Gasteiger partial charge in [0.05, 0.1) is 6.20 Å². The molecule has 2 aliphatic carbocycles. The fourth-order valence-corrected chi connectivity index (χ4v) is 7.55. The Hall–Kier alpha value is -2.49. The third kappa shape index (κ3) is 10.0. The number of phenolic OH excluding ortho intramolecular Hbond substituents is 1. The van der Waals surface area contributed by atoms with E-state index in [1.54, 1.807) is 12.1 Å². The van der Waals surface area contributed by atoms with Gasteiger partial charge in [-0.05, 0) is 101 Å². The summed E-state index contributed by atoms with van der Waals surface area (Å²) in [6, 6.07) is 8.47. The Bertz CT molecular complexity index is 1110. The van der Waals surface area contributed by atoms with Gasteiger partial charge in [0.2, 0.25) is 5.95 Å². The largest absolute Gasteiger partial charge is 0.508 e. The average Bonchev–Trinajstić information content (AvgIpc) is 3.02. The van der Waals surface area contributed by atoms with Gasteiger partial charge in [-0.1, -0.05) is 38.0 Å². The molecule has 2 heterocycles. The number of rotatable bonds is 14. The molecule has 3 aliphatic rings. The number of nitrogens with one attached hydrogen (secondary N) is 4. The van der Waals surface area contributed by atoms with Crippen molar-refractivity contribution in [2.45, 2.75) is 96.2 Å². The van der Waals surface area contributed by atoms with Crippen LogP contribution in [-0.4, -0.2) is 60.0 Å². The van der Waals surface area contributed by atoms with Gasteiger partial charge < -0.3 is 31.1 Å². The molecule has 3 atom stereocenters. The predicted molar refractivity (Wildman–Crippen MR) is 171 cm³/mol. The fourth-order valence-electron chi connectivity index (χ4n) is 7.55. The van der Waals surface area contributed by atoms with Crippen LogP contribution in [0.25, 0.3) is 0 Å². The van der Waals surface area contributed by atoms with Crippen LogP contribution in [0.15, 0.2) is 30.5 Å². The molecule has 1 saturated heterocycles. The molecular weight excluding hydrogens is 543 g/mol. The molecule has 1 aromatic carbocycles. The highest BCUT2D eigenvalue weighted by Gasteiger charge is 2.29. The number of hydrogen-bond donors (Lipinski definition) is 5. The SMILES string of the molecule is CCCC1C[C@@H](CNCC2CCC(NC3CCOCC3)CC2)C[C@H](CNc2nc(NCc3ccccc3O)ncc2F)C1. The van der Waals surface area contributed by atoms with Gasteiger partial charge in [-0.3, -0.25) is 0 Å². The normalized spacial score (nSPS) is 26.7. The molecule has 1 aliphatic heterocycles. The maximum absolute atomic E-state index is 14.6. The highest BCUT2D eigenvalue weighted by Crippen LogP contribution is 2.36. The molecule has 1 unspecified atom stereocenters. The van der Waals surface area contributed by atoms with Crippen molar-refractivity contribution in [3.05, 3.63) is 41.8 Å². The molecule has 43 heavy (non-hydrogen) atoms. The van der Waals surface area contributed by atoms with Crippen LogP contribution in [0.4, 0.5) is 16.2 Å². The van der Waals surface area contributed by atoms with Crippen LogP contribution in [0, 0.1) is 29.5 Å². The monoisotopic (exact) mass is 596 g/mol. The summed E-state index contributed by atoms with van der Waals surface area (Å²) in [5.41, 5.74) is 0.740. The summed E-state index contributed by atoms with van der Waals surface area (Å²) >= 11 is 0. The van der Waals surface area contributed by atoms with Crippen molar-refractivity contribution in [2.75, 3.05) is 43.5 Å². The van der Waals surface area contributed by atoms with Crippen LogP contribution in [0.3, 0.4) is 0 Å². The van der Waals surface area contributed by atoms with E-state index in [2.05, 4.69) is 38.2 Å². The van der Waals surface area contributed by atoms with Crippen molar-refractivity contribution in [3.8, 4) is 5.75 Å². The topological polar surface area (TPSA) is 103 Å². The summed E-state index contributed by atoms with van der Waals surface area (Å²) in [4.78, 5) is 8.50. The number of benzene rings is 1. The second kappa shape index (κ2) is 16.5. The Labute approximate surface area is 257 Å². The standard InChI is InChI=1S/C34H53FN6O2/c1-2-5-25-16-26(20-36-19-24-8-10-29(11-9-24)40-30-12-14-43-15-13-30)18-27(17-25)21-37-33-31(35)23-39-34(41-33)38-22-28-6-3-4-7-32(28)42/h3-4,6-7,23-27,29-30,36,40,42H,2,5,8-22H2,1H3,(H2,37,38,39,41)/t24?,25?,26-,27-,29?/m1/s1. The Kier molecular flexibility index (Phi) is 12.3. The van der Waals surface area contributed by atoms with Gasteiger partial charge in [-0.25, -0.2) is 9.37 Å². The molecule has 2 saturated carbocycles. The summed E-state index contributed by atoms with van der Waals surface area (Å²) < 4.78 is 20.1. The summed E-state index contributed by atoms with van der Waals surface area (Å²) in [7, 11) is 0. The fraction of sp³-hybridized carbons (Fsp3) is 0.706. The van der Waals surface area contributed by atoms with Crippen LogP contribution >= 0.6 is 0 Å². The number of aromatic nitrogens is 2. The van der Waals surface area contributed by atoms with Crippen LogP contribution in [0.2, 0.25) is 0 Å². The smallest absolute Gasteiger partial charge is 0.225 e. The molecule has 9 heteroatoms. The van der Waals surface area contributed by atoms with Gasteiger partial charge in [0.25, 0.3) is 0 Å². The number of hydrogen-bond acceptors (Lipinski definition) is 8. The Morgan fingerprint density at radius 3 is 2.33 bits per heavy atom. The maximum atomic E-state index is 14.6. The number of nitrogens with zero attached hydrogens (tertiary/aromatic N) is 2. The first-order valence-electron chi connectivity index (χ1n) is 16.9. The van der Waals surface area contributed by atoms with Crippen molar-refractivity contribution in [2.24, 2.45) is 23.7 Å². The first kappa shape index (κ1) is 31.9. The van der Waals surface area contributed by atoms with Crippen LogP contribution < -0.4 is 21.3 Å². The lowest BCUT2D eigenvalue weighted by Crippen LogP contribution is -2.44. The summed E-state index contributed by atoms with van der Waals surface area (Å²) in [5, 5.41) is 24.2. The maximum Gasteiger partial charge on any atom is 0.225 e. The Balaban J connectivity index is 1.05. The van der Waals surface area contributed by atoms with Crippen molar-refractivity contribution >= 4 is 11.8 Å². The molecule has 3 fully saturated rings. The van der Waals surface area contributed by atoms with Gasteiger partial charge in [0.15, 0.2) is 11.6 Å². The van der Waals surface area contributed by atoms with E-state index in [0.29, 0.717) is 43.0 Å². The zero-order valence-corrected chi connectivity index (χ0v) is 26.0. The predicted octanol–water partition coefficient (Wildman–Crippen LogP) is 6.09. The van der Waals surface area contributed by atoms with Crippen molar-refractivity contribution in [1.29, 1.82) is 0 Å². The number of anilines is 2. The molecule has 0 bridgehead atoms. The summed E-state index contributed by atoms with van der Waals surface area (Å²) in [6.45, 7) is 7.39. The molecule has 2 aromatic rings. The molecule has 5 N–H and O–H groups in total. The lowest BCUT2D eigenvalue weighted by Gasteiger charge is -2.36. The average molecular weight is 597 g/mol. The first-order chi connectivity index (χ1) is 21.1. The van der Waals surface area contributed by atoms with E-state index in [1.165, 1.54) is 57.6 Å². The van der Waals surface area contributed by atoms with E-state index < -0.39 is 5.82 Å². The third-order valence-corrected chi connectivity index (χ3v) is 9.83. The molecule has 1 aromatic heterocycles. The highest BCUT2D eigenvalue weighted by molar-refractivity contribution is 5.42. The van der Waals surface area contributed by atoms with E-state index in [4.69, 9.17) is 4.74 Å². The minimum absolute atomic E-state index is 0.212. The summed E-state index contributed by atoms with van der Waals surface area (Å²) in [6.07, 6.45) is 14.9. The molecule has 5 rings (SSSR count). The molecule has 0 spiro atoms. The van der Waals surface area contributed by atoms with Crippen molar-refractivity contribution in [3.63, 3.8) is 0 Å². The highest BCUT2D eigenvalue weighted by atomic mass is 19.1. The zero-order chi connectivity index (χ0) is 29.9. The molecule has 0 amide bonds. The van der Waals surface area contributed by atoms with Crippen molar-refractivity contribution in [1.82, 2.24) is 20.6 Å². The Morgan fingerprint density at radius 1 is 0.860 bits per heavy atom. The molecule has 8 nitrogen and oxygen atoms in total. The third-order valence-electron chi connectivity index (χ3n) is 9.83. The molecular formula is C34H53FN6O2.